The second-order valence-electron chi connectivity index (χ2n) is 5.11. The number of H-pyrrole nitrogens is 1. The van der Waals surface area contributed by atoms with Crippen molar-refractivity contribution in [1.29, 1.82) is 0 Å². The van der Waals surface area contributed by atoms with Gasteiger partial charge in [-0.25, -0.2) is 0 Å². The first kappa shape index (κ1) is 15.6. The lowest BCUT2D eigenvalue weighted by Crippen LogP contribution is -2.11. The Morgan fingerprint density at radius 1 is 1.19 bits per heavy atom. The Morgan fingerprint density at radius 2 is 2.05 bits per heavy atom. The molecule has 0 aliphatic rings. The van der Waals surface area contributed by atoms with Crippen LogP contribution in [0.1, 0.15) is 38.8 Å². The third-order valence-corrected chi connectivity index (χ3v) is 3.36. The number of nitrogens with zero attached hydrogens (tertiary/aromatic N) is 1. The van der Waals surface area contributed by atoms with Crippen LogP contribution in [-0.2, 0) is 6.54 Å². The Balaban J connectivity index is 2.06. The topological polar surface area (TPSA) is 49.9 Å². The monoisotopic (exact) mass is 287 g/mol. The second-order valence-corrected chi connectivity index (χ2v) is 5.11. The van der Waals surface area contributed by atoms with Crippen molar-refractivity contribution in [2.75, 3.05) is 13.2 Å². The number of hydrogen-bond donors (Lipinski definition) is 2. The molecule has 4 heteroatoms. The zero-order valence-corrected chi connectivity index (χ0v) is 13.0. The van der Waals surface area contributed by atoms with Crippen molar-refractivity contribution in [2.24, 2.45) is 0 Å². The maximum Gasteiger partial charge on any atom is 0.128 e. The Kier molecular flexibility index (Phi) is 6.28. The highest BCUT2D eigenvalue weighted by Gasteiger charge is 2.09. The molecule has 0 radical (unpaired) electrons. The molecule has 2 aromatic rings. The van der Waals surface area contributed by atoms with Crippen molar-refractivity contribution in [3.63, 3.8) is 0 Å². The largest absolute Gasteiger partial charge is 0.493 e. The first-order chi connectivity index (χ1) is 10.3. The number of ether oxygens (including phenoxy) is 1. The molecule has 0 atom stereocenters. The lowest BCUT2D eigenvalue weighted by atomic mass is 10.1. The van der Waals surface area contributed by atoms with Crippen LogP contribution in [0.4, 0.5) is 0 Å². The van der Waals surface area contributed by atoms with E-state index in [-0.39, 0.29) is 0 Å². The van der Waals surface area contributed by atoms with E-state index in [0.717, 1.165) is 48.8 Å². The second kappa shape index (κ2) is 8.47. The van der Waals surface area contributed by atoms with Crippen LogP contribution in [-0.4, -0.2) is 23.3 Å². The molecule has 0 amide bonds. The van der Waals surface area contributed by atoms with E-state index in [1.807, 2.05) is 18.2 Å². The molecule has 0 unspecified atom stereocenters. The van der Waals surface area contributed by atoms with Gasteiger partial charge in [-0.2, -0.15) is 5.10 Å². The van der Waals surface area contributed by atoms with Gasteiger partial charge in [0.2, 0.25) is 0 Å². The van der Waals surface area contributed by atoms with Crippen LogP contribution >= 0.6 is 0 Å². The third-order valence-electron chi connectivity index (χ3n) is 3.36. The average molecular weight is 287 g/mol. The Labute approximate surface area is 126 Å². The van der Waals surface area contributed by atoms with Gasteiger partial charge in [-0.1, -0.05) is 38.8 Å². The Hall–Kier alpha value is -1.81. The minimum Gasteiger partial charge on any atom is -0.493 e. The van der Waals surface area contributed by atoms with E-state index < -0.39 is 0 Å². The molecule has 0 saturated carbocycles. The Morgan fingerprint density at radius 3 is 2.86 bits per heavy atom. The summed E-state index contributed by atoms with van der Waals surface area (Å²) in [7, 11) is 0. The molecule has 1 aromatic carbocycles. The molecule has 0 bridgehead atoms. The highest BCUT2D eigenvalue weighted by atomic mass is 16.5. The van der Waals surface area contributed by atoms with E-state index in [1.165, 1.54) is 12.8 Å². The van der Waals surface area contributed by atoms with Crippen LogP contribution in [0.2, 0.25) is 0 Å². The molecule has 0 aliphatic heterocycles. The van der Waals surface area contributed by atoms with Gasteiger partial charge in [-0.15, -0.1) is 0 Å². The van der Waals surface area contributed by atoms with Crippen LogP contribution in [0, 0.1) is 0 Å². The molecule has 21 heavy (non-hydrogen) atoms. The molecular formula is C17H25N3O. The molecule has 0 spiro atoms. The summed E-state index contributed by atoms with van der Waals surface area (Å²) in [4.78, 5) is 0. The van der Waals surface area contributed by atoms with E-state index in [1.54, 1.807) is 0 Å². The minimum atomic E-state index is 0.763. The van der Waals surface area contributed by atoms with Crippen molar-refractivity contribution in [3.8, 4) is 17.0 Å². The number of unbranched alkanes of at least 4 members (excludes halogenated alkanes) is 2. The van der Waals surface area contributed by atoms with E-state index >= 15 is 0 Å². The predicted molar refractivity (Wildman–Crippen MR) is 86.4 cm³/mol. The summed E-state index contributed by atoms with van der Waals surface area (Å²) >= 11 is 0. The van der Waals surface area contributed by atoms with E-state index in [2.05, 4.69) is 41.5 Å². The maximum absolute atomic E-state index is 5.91. The molecular weight excluding hydrogens is 262 g/mol. The molecule has 0 saturated heterocycles. The van der Waals surface area contributed by atoms with Crippen LogP contribution in [0.5, 0.6) is 5.75 Å². The van der Waals surface area contributed by atoms with Gasteiger partial charge in [0.25, 0.3) is 0 Å². The molecule has 1 aromatic heterocycles. The van der Waals surface area contributed by atoms with Crippen LogP contribution < -0.4 is 10.1 Å². The van der Waals surface area contributed by atoms with Gasteiger partial charge in [0, 0.05) is 17.8 Å². The quantitative estimate of drug-likeness (QED) is 0.690. The molecule has 114 valence electrons. The summed E-state index contributed by atoms with van der Waals surface area (Å²) in [5, 5.41) is 10.8. The number of hydrogen-bond acceptors (Lipinski definition) is 3. The highest BCUT2D eigenvalue weighted by Crippen LogP contribution is 2.28. The highest BCUT2D eigenvalue weighted by molar-refractivity contribution is 5.67. The van der Waals surface area contributed by atoms with Crippen LogP contribution in [0.15, 0.2) is 30.3 Å². The number of nitrogens with one attached hydrogen (secondary N) is 2. The summed E-state index contributed by atoms with van der Waals surface area (Å²) in [6.07, 6.45) is 3.51. The first-order valence-electron chi connectivity index (χ1n) is 7.82. The molecule has 2 N–H and O–H groups in total. The fourth-order valence-electron chi connectivity index (χ4n) is 2.19. The smallest absolute Gasteiger partial charge is 0.128 e. The average Bonchev–Trinajstić information content (AvgIpc) is 2.98. The molecule has 0 fully saturated rings. The van der Waals surface area contributed by atoms with Crippen LogP contribution in [0.3, 0.4) is 0 Å². The SMILES string of the molecule is CCCCCOc1ccccc1-c1cc(CNCC)[nH]n1. The minimum absolute atomic E-state index is 0.763. The predicted octanol–water partition coefficient (Wildman–Crippen LogP) is 3.76. The summed E-state index contributed by atoms with van der Waals surface area (Å²) in [6.45, 7) is 6.81. The fourth-order valence-corrected chi connectivity index (χ4v) is 2.19. The van der Waals surface area contributed by atoms with Gasteiger partial charge >= 0.3 is 0 Å². The molecule has 0 aliphatic carbocycles. The van der Waals surface area contributed by atoms with Crippen molar-refractivity contribution >= 4 is 0 Å². The maximum atomic E-state index is 5.91. The van der Waals surface area contributed by atoms with Crippen molar-refractivity contribution in [3.05, 3.63) is 36.0 Å². The zero-order valence-electron chi connectivity index (χ0n) is 13.0. The van der Waals surface area contributed by atoms with Crippen LogP contribution in [0.25, 0.3) is 11.3 Å². The lowest BCUT2D eigenvalue weighted by Gasteiger charge is -2.09. The lowest BCUT2D eigenvalue weighted by molar-refractivity contribution is 0.307. The van der Waals surface area contributed by atoms with Gasteiger partial charge in [0.1, 0.15) is 5.75 Å². The number of para-hydroxylation sites is 1. The third kappa shape index (κ3) is 4.60. The van der Waals surface area contributed by atoms with E-state index in [4.69, 9.17) is 4.74 Å². The number of aromatic nitrogens is 2. The summed E-state index contributed by atoms with van der Waals surface area (Å²) < 4.78 is 5.91. The standard InChI is InChI=1S/C17H25N3O/c1-3-5-8-11-21-17-10-7-6-9-15(17)16-12-14(19-20-16)13-18-4-2/h6-7,9-10,12,18H,3-5,8,11,13H2,1-2H3,(H,19,20). The van der Waals surface area contributed by atoms with Gasteiger partial charge in [0.15, 0.2) is 0 Å². The summed E-state index contributed by atoms with van der Waals surface area (Å²) in [5.41, 5.74) is 3.08. The van der Waals surface area contributed by atoms with E-state index in [0.29, 0.717) is 0 Å². The number of benzene rings is 1. The fraction of sp³-hybridized carbons (Fsp3) is 0.471. The van der Waals surface area contributed by atoms with Gasteiger partial charge in [0.05, 0.1) is 12.3 Å². The van der Waals surface area contributed by atoms with E-state index in [9.17, 15) is 0 Å². The van der Waals surface area contributed by atoms with Gasteiger partial charge < -0.3 is 10.1 Å². The van der Waals surface area contributed by atoms with Gasteiger partial charge in [-0.05, 0) is 31.2 Å². The number of aromatic amines is 1. The summed E-state index contributed by atoms with van der Waals surface area (Å²) in [5.74, 6) is 0.912. The van der Waals surface area contributed by atoms with Crippen molar-refractivity contribution in [2.45, 2.75) is 39.7 Å². The zero-order chi connectivity index (χ0) is 14.9. The van der Waals surface area contributed by atoms with Gasteiger partial charge in [-0.3, -0.25) is 5.10 Å². The van der Waals surface area contributed by atoms with Crippen molar-refractivity contribution < 1.29 is 4.74 Å². The van der Waals surface area contributed by atoms with Crippen molar-refractivity contribution in [1.82, 2.24) is 15.5 Å². The number of rotatable bonds is 9. The molecule has 2 rings (SSSR count). The Bertz CT molecular complexity index is 536. The normalized spacial score (nSPS) is 10.8. The molecule has 1 heterocycles. The molecule has 4 nitrogen and oxygen atoms in total. The first-order valence-corrected chi connectivity index (χ1v) is 7.82. The summed E-state index contributed by atoms with van der Waals surface area (Å²) in [6, 6.07) is 10.2.